The topological polar surface area (TPSA) is 45.2 Å². The van der Waals surface area contributed by atoms with Gasteiger partial charge in [-0.2, -0.15) is 0 Å². The Hall–Kier alpha value is -1.47. The molecule has 4 rings (SSSR count). The fourth-order valence-electron chi connectivity index (χ4n) is 3.09. The van der Waals surface area contributed by atoms with E-state index in [0.29, 0.717) is 16.1 Å². The highest BCUT2D eigenvalue weighted by Gasteiger charge is 2.24. The molecule has 0 radical (unpaired) electrons. The maximum atomic E-state index is 6.10. The van der Waals surface area contributed by atoms with Crippen LogP contribution in [0, 0.1) is 0 Å². The number of anilines is 1. The van der Waals surface area contributed by atoms with E-state index in [1.165, 1.54) is 5.01 Å². The highest BCUT2D eigenvalue weighted by atomic mass is 35.5. The first-order valence-electron chi connectivity index (χ1n) is 8.12. The van der Waals surface area contributed by atoms with Crippen LogP contribution in [0.4, 0.5) is 5.82 Å². The number of fused-ring (bicyclic) bond motifs is 1. The van der Waals surface area contributed by atoms with E-state index in [9.17, 15) is 0 Å². The van der Waals surface area contributed by atoms with E-state index in [0.717, 1.165) is 43.0 Å². The lowest BCUT2D eigenvalue weighted by Crippen LogP contribution is -2.47. The van der Waals surface area contributed by atoms with Crippen LogP contribution in [0.1, 0.15) is 18.0 Å². The predicted molar refractivity (Wildman–Crippen MR) is 104 cm³/mol. The van der Waals surface area contributed by atoms with Gasteiger partial charge in [-0.3, -0.25) is 9.88 Å². The lowest BCUT2D eigenvalue weighted by atomic mass is 10.2. The lowest BCUT2D eigenvalue weighted by molar-refractivity contribution is 0.198. The maximum absolute atomic E-state index is 6.10. The van der Waals surface area contributed by atoms with Crippen molar-refractivity contribution in [2.75, 3.05) is 31.1 Å². The van der Waals surface area contributed by atoms with Crippen molar-refractivity contribution < 1.29 is 0 Å². The third kappa shape index (κ3) is 3.44. The molecule has 1 aliphatic heterocycles. The van der Waals surface area contributed by atoms with Gasteiger partial charge in [0.25, 0.3) is 0 Å². The standard InChI is InChI=1S/C17H17Cl2N5S/c1-11(17-20-2-7-25-17)23-3-5-24(6-4-23)16-10-21-14-8-12(18)13(19)9-15(14)22-16/h2,7-11H,3-6H2,1H3. The smallest absolute Gasteiger partial charge is 0.147 e. The van der Waals surface area contributed by atoms with Crippen molar-refractivity contribution in [3.63, 3.8) is 0 Å². The Balaban J connectivity index is 1.49. The number of piperazine rings is 1. The molecule has 3 aromatic rings. The molecule has 0 bridgehead atoms. The van der Waals surface area contributed by atoms with Crippen molar-refractivity contribution in [1.29, 1.82) is 0 Å². The van der Waals surface area contributed by atoms with Gasteiger partial charge in [0.05, 0.1) is 33.3 Å². The van der Waals surface area contributed by atoms with E-state index < -0.39 is 0 Å². The second-order valence-electron chi connectivity index (χ2n) is 6.05. The van der Waals surface area contributed by atoms with Crippen LogP contribution in [0.25, 0.3) is 11.0 Å². The number of hydrogen-bond acceptors (Lipinski definition) is 6. The van der Waals surface area contributed by atoms with Crippen LogP contribution in [-0.2, 0) is 0 Å². The van der Waals surface area contributed by atoms with Gasteiger partial charge >= 0.3 is 0 Å². The van der Waals surface area contributed by atoms with Gasteiger partial charge in [0.1, 0.15) is 10.8 Å². The maximum Gasteiger partial charge on any atom is 0.147 e. The lowest BCUT2D eigenvalue weighted by Gasteiger charge is -2.37. The number of rotatable bonds is 3. The van der Waals surface area contributed by atoms with Crippen LogP contribution in [0.15, 0.2) is 29.9 Å². The molecule has 1 aliphatic rings. The summed E-state index contributed by atoms with van der Waals surface area (Å²) in [4.78, 5) is 18.4. The van der Waals surface area contributed by atoms with Gasteiger partial charge < -0.3 is 4.90 Å². The monoisotopic (exact) mass is 393 g/mol. The number of benzene rings is 1. The van der Waals surface area contributed by atoms with E-state index in [-0.39, 0.29) is 0 Å². The zero-order chi connectivity index (χ0) is 17.4. The molecule has 1 unspecified atom stereocenters. The first kappa shape index (κ1) is 17.0. The minimum Gasteiger partial charge on any atom is -0.353 e. The van der Waals surface area contributed by atoms with Gasteiger partial charge in [-0.05, 0) is 19.1 Å². The van der Waals surface area contributed by atoms with Crippen LogP contribution in [0.5, 0.6) is 0 Å². The Bertz CT molecular complexity index is 878. The zero-order valence-corrected chi connectivity index (χ0v) is 16.0. The molecule has 2 aromatic heterocycles. The summed E-state index contributed by atoms with van der Waals surface area (Å²) >= 11 is 13.9. The molecule has 1 atom stereocenters. The van der Waals surface area contributed by atoms with Crippen molar-refractivity contribution in [2.45, 2.75) is 13.0 Å². The summed E-state index contributed by atoms with van der Waals surface area (Å²) in [7, 11) is 0. The van der Waals surface area contributed by atoms with Gasteiger partial charge in [-0.15, -0.1) is 11.3 Å². The molecular weight excluding hydrogens is 377 g/mol. The number of halogens is 2. The van der Waals surface area contributed by atoms with Gasteiger partial charge in [0.15, 0.2) is 0 Å². The Morgan fingerprint density at radius 3 is 2.44 bits per heavy atom. The number of aromatic nitrogens is 3. The molecular formula is C17H17Cl2N5S. The van der Waals surface area contributed by atoms with Crippen molar-refractivity contribution in [1.82, 2.24) is 19.9 Å². The second-order valence-corrected chi connectivity index (χ2v) is 7.79. The summed E-state index contributed by atoms with van der Waals surface area (Å²) in [6, 6.07) is 3.88. The third-order valence-corrected chi connectivity index (χ3v) is 6.23. The number of hydrogen-bond donors (Lipinski definition) is 0. The molecule has 0 amide bonds. The van der Waals surface area contributed by atoms with E-state index in [2.05, 4.69) is 26.7 Å². The second kappa shape index (κ2) is 7.03. The first-order valence-corrected chi connectivity index (χ1v) is 9.75. The summed E-state index contributed by atoms with van der Waals surface area (Å²) < 4.78 is 0. The van der Waals surface area contributed by atoms with Gasteiger partial charge in [0, 0.05) is 37.8 Å². The fraction of sp³-hybridized carbons (Fsp3) is 0.353. The highest BCUT2D eigenvalue weighted by Crippen LogP contribution is 2.28. The Kier molecular flexibility index (Phi) is 4.78. The molecule has 1 saturated heterocycles. The van der Waals surface area contributed by atoms with Gasteiger partial charge in [-0.1, -0.05) is 23.2 Å². The molecule has 0 spiro atoms. The zero-order valence-electron chi connectivity index (χ0n) is 13.7. The van der Waals surface area contributed by atoms with Crippen LogP contribution in [0.2, 0.25) is 10.0 Å². The fourth-order valence-corrected chi connectivity index (χ4v) is 4.13. The molecule has 0 N–H and O–H groups in total. The summed E-state index contributed by atoms with van der Waals surface area (Å²) in [5.41, 5.74) is 1.53. The Morgan fingerprint density at radius 2 is 1.76 bits per heavy atom. The SMILES string of the molecule is CC(c1nccs1)N1CCN(c2cnc3cc(Cl)c(Cl)cc3n2)CC1. The van der Waals surface area contributed by atoms with Gasteiger partial charge in [-0.25, -0.2) is 9.97 Å². The highest BCUT2D eigenvalue weighted by molar-refractivity contribution is 7.09. The largest absolute Gasteiger partial charge is 0.353 e. The summed E-state index contributed by atoms with van der Waals surface area (Å²) in [6.07, 6.45) is 3.68. The summed E-state index contributed by atoms with van der Waals surface area (Å²) in [5.74, 6) is 0.882. The molecule has 25 heavy (non-hydrogen) atoms. The first-order chi connectivity index (χ1) is 12.1. The minimum absolute atomic E-state index is 0.353. The van der Waals surface area contributed by atoms with Crippen LogP contribution in [-0.4, -0.2) is 46.0 Å². The third-order valence-electron chi connectivity index (χ3n) is 4.57. The molecule has 3 heterocycles. The van der Waals surface area contributed by atoms with Crippen LogP contribution < -0.4 is 4.90 Å². The van der Waals surface area contributed by atoms with Crippen molar-refractivity contribution in [3.8, 4) is 0 Å². The summed E-state index contributed by atoms with van der Waals surface area (Å²) in [6.45, 7) is 5.99. The van der Waals surface area contributed by atoms with E-state index in [4.69, 9.17) is 28.2 Å². The van der Waals surface area contributed by atoms with Crippen molar-refractivity contribution >= 4 is 51.4 Å². The quantitative estimate of drug-likeness (QED) is 0.664. The van der Waals surface area contributed by atoms with Crippen molar-refractivity contribution in [2.24, 2.45) is 0 Å². The molecule has 1 fully saturated rings. The molecule has 1 aromatic carbocycles. The van der Waals surface area contributed by atoms with Crippen molar-refractivity contribution in [3.05, 3.63) is 45.0 Å². The molecule has 130 valence electrons. The number of thiazole rings is 1. The van der Waals surface area contributed by atoms with Crippen LogP contribution >= 0.6 is 34.5 Å². The number of nitrogens with zero attached hydrogens (tertiary/aromatic N) is 5. The summed E-state index contributed by atoms with van der Waals surface area (Å²) in [5, 5.41) is 4.21. The molecule has 0 aliphatic carbocycles. The van der Waals surface area contributed by atoms with Gasteiger partial charge in [0.2, 0.25) is 0 Å². The Morgan fingerprint density at radius 1 is 1.04 bits per heavy atom. The molecule has 5 nitrogen and oxygen atoms in total. The normalized spacial score (nSPS) is 17.2. The van der Waals surface area contributed by atoms with E-state index in [1.807, 2.05) is 17.8 Å². The Labute approximate surface area is 160 Å². The van der Waals surface area contributed by atoms with E-state index >= 15 is 0 Å². The minimum atomic E-state index is 0.353. The molecule has 0 saturated carbocycles. The average molecular weight is 394 g/mol. The molecule has 8 heteroatoms. The van der Waals surface area contributed by atoms with Crippen LogP contribution in [0.3, 0.4) is 0 Å². The van der Waals surface area contributed by atoms with E-state index in [1.54, 1.807) is 23.5 Å². The predicted octanol–water partition coefficient (Wildman–Crippen LogP) is 4.28. The average Bonchev–Trinajstić information content (AvgIpc) is 3.16.